The van der Waals surface area contributed by atoms with Crippen LogP contribution >= 0.6 is 0 Å². The third-order valence-corrected chi connectivity index (χ3v) is 10.8. The van der Waals surface area contributed by atoms with E-state index in [1.807, 2.05) is 6.07 Å². The van der Waals surface area contributed by atoms with Crippen LogP contribution in [0.1, 0.15) is 34.1 Å². The van der Waals surface area contributed by atoms with Crippen molar-refractivity contribution in [2.24, 2.45) is 5.92 Å². The van der Waals surface area contributed by atoms with E-state index < -0.39 is 18.2 Å². The quantitative estimate of drug-likeness (QED) is 0.685. The van der Waals surface area contributed by atoms with Crippen molar-refractivity contribution in [2.75, 3.05) is 12.4 Å². The lowest BCUT2D eigenvalue weighted by atomic mass is 10.1. The highest BCUT2D eigenvalue weighted by Gasteiger charge is 2.37. The lowest BCUT2D eigenvalue weighted by Crippen LogP contribution is -2.41. The summed E-state index contributed by atoms with van der Waals surface area (Å²) in [6.07, 6.45) is 0.631. The van der Waals surface area contributed by atoms with Gasteiger partial charge in [-0.3, -0.25) is 0 Å². The van der Waals surface area contributed by atoms with Gasteiger partial charge in [-0.2, -0.15) is 0 Å². The Bertz CT molecular complexity index is 559. The Morgan fingerprint density at radius 3 is 2.18 bits per heavy atom. The second-order valence-electron chi connectivity index (χ2n) is 7.60. The second kappa shape index (κ2) is 7.28. The van der Waals surface area contributed by atoms with Gasteiger partial charge in [0.2, 0.25) is 0 Å². The molecule has 0 aromatic heterocycles. The Morgan fingerprint density at radius 2 is 1.68 bits per heavy atom. The molecule has 5 heteroatoms. The SMILES string of the molecule is C[C@H](CCS(=O)(=O)c1ccccc1)CO[Si](C)(C)C(C)(C)C. The maximum atomic E-state index is 12.3. The van der Waals surface area contributed by atoms with Gasteiger partial charge in [-0.1, -0.05) is 45.9 Å². The average Bonchev–Trinajstić information content (AvgIpc) is 2.43. The molecule has 0 fully saturated rings. The first-order valence-corrected chi connectivity index (χ1v) is 12.4. The van der Waals surface area contributed by atoms with Gasteiger partial charge in [-0.15, -0.1) is 0 Å². The third-order valence-electron chi connectivity index (χ3n) is 4.52. The minimum atomic E-state index is -3.18. The standard InChI is InChI=1S/C17H30O3SSi/c1-15(14-20-22(5,6)17(2,3)4)12-13-21(18,19)16-10-8-7-9-11-16/h7-11,15H,12-14H2,1-6H3/t15-/m1/s1. The Hall–Kier alpha value is -0.653. The van der Waals surface area contributed by atoms with Gasteiger partial charge in [-0.05, 0) is 42.6 Å². The predicted molar refractivity (Wildman–Crippen MR) is 95.4 cm³/mol. The minimum absolute atomic E-state index is 0.180. The van der Waals surface area contributed by atoms with Gasteiger partial charge < -0.3 is 4.43 Å². The van der Waals surface area contributed by atoms with Gasteiger partial charge in [0.25, 0.3) is 0 Å². The van der Waals surface area contributed by atoms with Crippen molar-refractivity contribution in [3.63, 3.8) is 0 Å². The molecule has 126 valence electrons. The van der Waals surface area contributed by atoms with Crippen LogP contribution in [0, 0.1) is 5.92 Å². The zero-order chi connectivity index (χ0) is 17.0. The Balaban J connectivity index is 2.52. The lowest BCUT2D eigenvalue weighted by Gasteiger charge is -2.37. The second-order valence-corrected chi connectivity index (χ2v) is 14.5. The maximum Gasteiger partial charge on any atom is 0.191 e. The summed E-state index contributed by atoms with van der Waals surface area (Å²) in [5.41, 5.74) is 0. The van der Waals surface area contributed by atoms with Crippen LogP contribution in [0.2, 0.25) is 18.1 Å². The van der Waals surface area contributed by atoms with E-state index in [0.717, 1.165) is 0 Å². The molecule has 0 aliphatic carbocycles. The molecule has 0 aliphatic rings. The first-order chi connectivity index (χ1) is 9.96. The summed E-state index contributed by atoms with van der Waals surface area (Å²) in [5.74, 6) is 0.423. The molecule has 0 heterocycles. The Labute approximate surface area is 137 Å². The zero-order valence-corrected chi connectivity index (χ0v) is 16.5. The van der Waals surface area contributed by atoms with Crippen LogP contribution in [-0.4, -0.2) is 29.1 Å². The molecular weight excluding hydrogens is 312 g/mol. The van der Waals surface area contributed by atoms with Crippen LogP contribution in [0.5, 0.6) is 0 Å². The monoisotopic (exact) mass is 342 g/mol. The van der Waals surface area contributed by atoms with Crippen molar-refractivity contribution in [3.05, 3.63) is 30.3 Å². The van der Waals surface area contributed by atoms with E-state index in [1.54, 1.807) is 24.3 Å². The first-order valence-electron chi connectivity index (χ1n) is 7.87. The molecule has 0 saturated carbocycles. The molecule has 0 spiro atoms. The zero-order valence-electron chi connectivity index (χ0n) is 14.7. The molecule has 0 radical (unpaired) electrons. The van der Waals surface area contributed by atoms with E-state index in [4.69, 9.17) is 4.43 Å². The molecule has 3 nitrogen and oxygen atoms in total. The van der Waals surface area contributed by atoms with Crippen molar-refractivity contribution in [3.8, 4) is 0 Å². The van der Waals surface area contributed by atoms with E-state index in [2.05, 4.69) is 40.8 Å². The molecular formula is C17H30O3SSi. The molecule has 1 atom stereocenters. The van der Waals surface area contributed by atoms with Crippen molar-refractivity contribution in [2.45, 2.75) is 57.1 Å². The van der Waals surface area contributed by atoms with Gasteiger partial charge in [-0.25, -0.2) is 8.42 Å². The molecule has 1 aromatic carbocycles. The lowest BCUT2D eigenvalue weighted by molar-refractivity contribution is 0.235. The summed E-state index contributed by atoms with van der Waals surface area (Å²) in [5, 5.41) is 0.183. The Morgan fingerprint density at radius 1 is 1.14 bits per heavy atom. The van der Waals surface area contributed by atoms with Gasteiger partial charge in [0.1, 0.15) is 0 Å². The largest absolute Gasteiger partial charge is 0.417 e. The minimum Gasteiger partial charge on any atom is -0.417 e. The molecule has 0 N–H and O–H groups in total. The van der Waals surface area contributed by atoms with E-state index in [0.29, 0.717) is 17.9 Å². The highest BCUT2D eigenvalue weighted by Crippen LogP contribution is 2.36. The van der Waals surface area contributed by atoms with Gasteiger partial charge >= 0.3 is 0 Å². The van der Waals surface area contributed by atoms with Crippen LogP contribution in [0.3, 0.4) is 0 Å². The van der Waals surface area contributed by atoms with Gasteiger partial charge in [0, 0.05) is 6.61 Å². The maximum absolute atomic E-state index is 12.3. The smallest absolute Gasteiger partial charge is 0.191 e. The summed E-state index contributed by atoms with van der Waals surface area (Å²) in [6.45, 7) is 13.8. The van der Waals surface area contributed by atoms with Crippen molar-refractivity contribution in [1.29, 1.82) is 0 Å². The molecule has 1 aromatic rings. The van der Waals surface area contributed by atoms with Crippen molar-refractivity contribution in [1.82, 2.24) is 0 Å². The van der Waals surface area contributed by atoms with Crippen LogP contribution < -0.4 is 0 Å². The molecule has 0 amide bonds. The first kappa shape index (κ1) is 19.4. The molecule has 0 saturated heterocycles. The van der Waals surface area contributed by atoms with Crippen LogP contribution in [0.25, 0.3) is 0 Å². The predicted octanol–water partition coefficient (Wildman–Crippen LogP) is 4.51. The van der Waals surface area contributed by atoms with E-state index in [9.17, 15) is 8.42 Å². The van der Waals surface area contributed by atoms with E-state index in [1.165, 1.54) is 0 Å². The average molecular weight is 343 g/mol. The van der Waals surface area contributed by atoms with Crippen molar-refractivity contribution < 1.29 is 12.8 Å². The van der Waals surface area contributed by atoms with E-state index in [-0.39, 0.29) is 16.7 Å². The normalized spacial score (nSPS) is 14.8. The topological polar surface area (TPSA) is 43.4 Å². The fourth-order valence-electron chi connectivity index (χ4n) is 1.75. The van der Waals surface area contributed by atoms with Crippen LogP contribution in [0.15, 0.2) is 35.2 Å². The van der Waals surface area contributed by atoms with E-state index >= 15 is 0 Å². The Kier molecular flexibility index (Phi) is 6.42. The van der Waals surface area contributed by atoms with Crippen LogP contribution in [-0.2, 0) is 14.3 Å². The molecule has 0 aliphatic heterocycles. The van der Waals surface area contributed by atoms with Crippen molar-refractivity contribution >= 4 is 18.2 Å². The molecule has 1 rings (SSSR count). The fourth-order valence-corrected chi connectivity index (χ4v) is 4.41. The third kappa shape index (κ3) is 5.52. The molecule has 0 unspecified atom stereocenters. The summed E-state index contributed by atoms with van der Waals surface area (Å²) in [4.78, 5) is 0.410. The number of benzene rings is 1. The highest BCUT2D eigenvalue weighted by atomic mass is 32.2. The summed E-state index contributed by atoms with van der Waals surface area (Å²) >= 11 is 0. The molecule has 0 bridgehead atoms. The summed E-state index contributed by atoms with van der Waals surface area (Å²) in [6, 6.07) is 8.67. The fraction of sp³-hybridized carbons (Fsp3) is 0.647. The highest BCUT2D eigenvalue weighted by molar-refractivity contribution is 7.91. The summed E-state index contributed by atoms with van der Waals surface area (Å²) < 4.78 is 30.7. The van der Waals surface area contributed by atoms with Gasteiger partial charge in [0.05, 0.1) is 10.6 Å². The number of rotatable bonds is 7. The molecule has 22 heavy (non-hydrogen) atoms. The van der Waals surface area contributed by atoms with Gasteiger partial charge in [0.15, 0.2) is 18.2 Å². The summed E-state index contributed by atoms with van der Waals surface area (Å²) in [7, 11) is -4.94. The number of hydrogen-bond donors (Lipinski definition) is 0. The number of sulfone groups is 1. The van der Waals surface area contributed by atoms with Crippen LogP contribution in [0.4, 0.5) is 0 Å². The number of hydrogen-bond acceptors (Lipinski definition) is 3.